The topological polar surface area (TPSA) is 87.2 Å². The highest BCUT2D eigenvalue weighted by atomic mass is 35.5. The second kappa shape index (κ2) is 7.36. The lowest BCUT2D eigenvalue weighted by molar-refractivity contribution is -0.141. The van der Waals surface area contributed by atoms with Crippen LogP contribution in [0.1, 0.15) is 23.0 Å². The van der Waals surface area contributed by atoms with Crippen LogP contribution in [-0.4, -0.2) is 22.1 Å². The Bertz CT molecular complexity index is 1190. The number of nitrogens with zero attached hydrogens (tertiary/aromatic N) is 2. The molecule has 0 saturated heterocycles. The van der Waals surface area contributed by atoms with Gasteiger partial charge in [0.2, 0.25) is 0 Å². The fourth-order valence-electron chi connectivity index (χ4n) is 2.73. The quantitative estimate of drug-likeness (QED) is 0.503. The lowest BCUT2D eigenvalue weighted by Gasteiger charge is -2.16. The first-order valence-electron chi connectivity index (χ1n) is 8.11. The first-order chi connectivity index (χ1) is 13.6. The monoisotopic (exact) mass is 429 g/mol. The summed E-state index contributed by atoms with van der Waals surface area (Å²) in [6.45, 7) is 1.40. The third kappa shape index (κ3) is 3.63. The number of carbonyl (C=O) groups excluding carboxylic acids is 1. The molecule has 0 fully saturated rings. The van der Waals surface area contributed by atoms with Crippen molar-refractivity contribution in [2.75, 3.05) is 12.3 Å². The van der Waals surface area contributed by atoms with Gasteiger partial charge in [0.25, 0.3) is 5.56 Å². The zero-order valence-corrected chi connectivity index (χ0v) is 15.4. The molecule has 6 nitrogen and oxygen atoms in total. The molecule has 0 amide bonds. The minimum atomic E-state index is -4.83. The van der Waals surface area contributed by atoms with E-state index >= 15 is 0 Å². The van der Waals surface area contributed by atoms with Gasteiger partial charge in [-0.05, 0) is 37.3 Å². The zero-order chi connectivity index (χ0) is 21.5. The van der Waals surface area contributed by atoms with Crippen molar-refractivity contribution >= 4 is 34.3 Å². The van der Waals surface area contributed by atoms with E-state index in [4.69, 9.17) is 22.1 Å². The van der Waals surface area contributed by atoms with Crippen molar-refractivity contribution in [1.82, 2.24) is 9.55 Å². The Labute approximate surface area is 165 Å². The molecule has 0 radical (unpaired) electrons. The van der Waals surface area contributed by atoms with Crippen LogP contribution < -0.4 is 11.3 Å². The number of halogens is 5. The summed E-state index contributed by atoms with van der Waals surface area (Å²) in [6, 6.07) is 4.76. The molecule has 3 aromatic rings. The minimum Gasteiger partial charge on any atom is -0.462 e. The lowest BCUT2D eigenvalue weighted by atomic mass is 10.1. The second-order valence-corrected chi connectivity index (χ2v) is 6.25. The number of nitrogen functional groups attached to an aromatic ring is 1. The highest BCUT2D eigenvalue weighted by molar-refractivity contribution is 6.30. The number of anilines is 1. The molecule has 0 unspecified atom stereocenters. The van der Waals surface area contributed by atoms with Crippen molar-refractivity contribution < 1.29 is 27.1 Å². The number of esters is 1. The van der Waals surface area contributed by atoms with E-state index in [0.29, 0.717) is 10.6 Å². The van der Waals surface area contributed by atoms with Gasteiger partial charge in [-0.3, -0.25) is 9.36 Å². The maximum Gasteiger partial charge on any atom is 0.433 e. The second-order valence-electron chi connectivity index (χ2n) is 5.81. The van der Waals surface area contributed by atoms with E-state index in [-0.39, 0.29) is 17.0 Å². The van der Waals surface area contributed by atoms with Crippen molar-refractivity contribution in [3.63, 3.8) is 0 Å². The molecular weight excluding hydrogens is 418 g/mol. The van der Waals surface area contributed by atoms with Crippen molar-refractivity contribution in [1.29, 1.82) is 0 Å². The molecule has 1 aromatic carbocycles. The van der Waals surface area contributed by atoms with Gasteiger partial charge < -0.3 is 10.5 Å². The molecule has 0 aliphatic rings. The summed E-state index contributed by atoms with van der Waals surface area (Å²) in [5.74, 6) is -2.11. The third-order valence-corrected chi connectivity index (χ3v) is 4.22. The number of rotatable bonds is 3. The minimum absolute atomic E-state index is 0.00592. The van der Waals surface area contributed by atoms with Gasteiger partial charge in [0.15, 0.2) is 0 Å². The normalized spacial score (nSPS) is 11.7. The largest absolute Gasteiger partial charge is 0.462 e. The van der Waals surface area contributed by atoms with Gasteiger partial charge in [0, 0.05) is 10.4 Å². The van der Waals surface area contributed by atoms with Gasteiger partial charge in [-0.1, -0.05) is 11.6 Å². The standard InChI is InChI=1S/C18H12ClF4N3O3/c1-2-29-17(28)13-14(24)9-4-6-12(18(21,22)23)25-15(9)26(16(13)27)11-5-3-8(19)7-10(11)20/h3-7H,2,24H2,1H3. The molecule has 11 heteroatoms. The summed E-state index contributed by atoms with van der Waals surface area (Å²) in [6.07, 6.45) is -4.83. The smallest absolute Gasteiger partial charge is 0.433 e. The van der Waals surface area contributed by atoms with Crippen molar-refractivity contribution in [3.05, 3.63) is 62.8 Å². The first kappa shape index (κ1) is 20.6. The van der Waals surface area contributed by atoms with Crippen LogP contribution in [0.5, 0.6) is 0 Å². The van der Waals surface area contributed by atoms with Gasteiger partial charge >= 0.3 is 12.1 Å². The molecule has 2 heterocycles. The number of nitrogens with two attached hydrogens (primary N) is 1. The van der Waals surface area contributed by atoms with E-state index in [1.54, 1.807) is 0 Å². The number of hydrogen-bond donors (Lipinski definition) is 1. The molecular formula is C18H12ClF4N3O3. The van der Waals surface area contributed by atoms with Gasteiger partial charge in [-0.15, -0.1) is 0 Å². The van der Waals surface area contributed by atoms with Gasteiger partial charge in [0.05, 0.1) is 18.0 Å². The summed E-state index contributed by atoms with van der Waals surface area (Å²) in [7, 11) is 0. The molecule has 0 bridgehead atoms. The van der Waals surface area contributed by atoms with Crippen LogP contribution in [0.2, 0.25) is 5.02 Å². The number of pyridine rings is 2. The zero-order valence-electron chi connectivity index (χ0n) is 14.7. The summed E-state index contributed by atoms with van der Waals surface area (Å²) >= 11 is 5.71. The van der Waals surface area contributed by atoms with Crippen LogP contribution in [0.25, 0.3) is 16.7 Å². The average Bonchev–Trinajstić information content (AvgIpc) is 2.62. The van der Waals surface area contributed by atoms with Crippen molar-refractivity contribution in [2.24, 2.45) is 0 Å². The molecule has 3 rings (SSSR count). The summed E-state index contributed by atoms with van der Waals surface area (Å²) in [4.78, 5) is 28.7. The molecule has 0 saturated carbocycles. The van der Waals surface area contributed by atoms with Crippen LogP contribution >= 0.6 is 11.6 Å². The predicted octanol–water partition coefficient (Wildman–Crippen LogP) is 3.96. The number of hydrogen-bond acceptors (Lipinski definition) is 5. The lowest BCUT2D eigenvalue weighted by Crippen LogP contribution is -2.30. The van der Waals surface area contributed by atoms with E-state index < -0.39 is 51.8 Å². The van der Waals surface area contributed by atoms with Crippen LogP contribution in [-0.2, 0) is 10.9 Å². The highest BCUT2D eigenvalue weighted by Gasteiger charge is 2.34. The number of carbonyl (C=O) groups is 1. The molecule has 29 heavy (non-hydrogen) atoms. The Morgan fingerprint density at radius 1 is 1.28 bits per heavy atom. The summed E-state index contributed by atoms with van der Waals surface area (Å²) < 4.78 is 59.3. The van der Waals surface area contributed by atoms with Gasteiger partial charge in [0.1, 0.15) is 22.7 Å². The third-order valence-electron chi connectivity index (χ3n) is 3.98. The van der Waals surface area contributed by atoms with E-state index in [2.05, 4.69) is 4.98 Å². The Balaban J connectivity index is 2.50. The van der Waals surface area contributed by atoms with Crippen LogP contribution in [0, 0.1) is 5.82 Å². The van der Waals surface area contributed by atoms with Crippen LogP contribution in [0.4, 0.5) is 23.2 Å². The molecule has 0 spiro atoms. The molecule has 152 valence electrons. The van der Waals surface area contributed by atoms with E-state index in [1.165, 1.54) is 13.0 Å². The Kier molecular flexibility index (Phi) is 5.22. The van der Waals surface area contributed by atoms with E-state index in [1.807, 2.05) is 0 Å². The number of alkyl halides is 3. The number of ether oxygens (including phenoxy) is 1. The number of benzene rings is 1. The fraction of sp³-hybridized carbons (Fsp3) is 0.167. The summed E-state index contributed by atoms with van der Waals surface area (Å²) in [5, 5.41) is -0.163. The Hall–Kier alpha value is -3.14. The molecule has 0 aliphatic heterocycles. The van der Waals surface area contributed by atoms with Gasteiger partial charge in [-0.25, -0.2) is 14.2 Å². The van der Waals surface area contributed by atoms with E-state index in [9.17, 15) is 27.2 Å². The highest BCUT2D eigenvalue weighted by Crippen LogP contribution is 2.32. The van der Waals surface area contributed by atoms with Crippen LogP contribution in [0.3, 0.4) is 0 Å². The van der Waals surface area contributed by atoms with Crippen molar-refractivity contribution in [2.45, 2.75) is 13.1 Å². The van der Waals surface area contributed by atoms with Gasteiger partial charge in [-0.2, -0.15) is 13.2 Å². The van der Waals surface area contributed by atoms with Crippen LogP contribution in [0.15, 0.2) is 35.1 Å². The van der Waals surface area contributed by atoms with E-state index in [0.717, 1.165) is 18.2 Å². The summed E-state index contributed by atoms with van der Waals surface area (Å²) in [5.41, 5.74) is 1.27. The van der Waals surface area contributed by atoms with Crippen molar-refractivity contribution in [3.8, 4) is 5.69 Å². The first-order valence-corrected chi connectivity index (χ1v) is 8.49. The number of fused-ring (bicyclic) bond motifs is 1. The fourth-order valence-corrected chi connectivity index (χ4v) is 2.89. The average molecular weight is 430 g/mol. The maximum absolute atomic E-state index is 14.5. The molecule has 0 atom stereocenters. The predicted molar refractivity (Wildman–Crippen MR) is 97.7 cm³/mol. The Morgan fingerprint density at radius 2 is 1.97 bits per heavy atom. The molecule has 2 aromatic heterocycles. The molecule has 0 aliphatic carbocycles. The molecule has 2 N–H and O–H groups in total. The Morgan fingerprint density at radius 3 is 2.55 bits per heavy atom. The SMILES string of the molecule is CCOC(=O)c1c(N)c2ccc(C(F)(F)F)nc2n(-c2ccc(Cl)cc2F)c1=O. The maximum atomic E-state index is 14.5. The number of aromatic nitrogens is 2.